The molecule has 5 heteroatoms. The summed E-state index contributed by atoms with van der Waals surface area (Å²) < 4.78 is 6.20. The van der Waals surface area contributed by atoms with Gasteiger partial charge in [0.2, 0.25) is 0 Å². The largest absolute Gasteiger partial charge is 0.493 e. The van der Waals surface area contributed by atoms with E-state index in [0.717, 1.165) is 49.7 Å². The molecular formula is C29H40N2O3. The second-order valence-electron chi connectivity index (χ2n) is 10.3. The Morgan fingerprint density at radius 2 is 1.91 bits per heavy atom. The number of aliphatic hydroxyl groups is 1. The lowest BCUT2D eigenvalue weighted by Crippen LogP contribution is -2.41. The molecule has 2 aromatic rings. The molecule has 2 N–H and O–H groups in total. The second kappa shape index (κ2) is 11.9. The van der Waals surface area contributed by atoms with Gasteiger partial charge < -0.3 is 15.2 Å². The number of benzene rings is 2. The van der Waals surface area contributed by atoms with E-state index >= 15 is 0 Å². The highest BCUT2D eigenvalue weighted by atomic mass is 16.5. The Morgan fingerprint density at radius 3 is 2.65 bits per heavy atom. The van der Waals surface area contributed by atoms with Gasteiger partial charge in [0.25, 0.3) is 5.91 Å². The van der Waals surface area contributed by atoms with Crippen molar-refractivity contribution < 1.29 is 14.6 Å². The molecule has 2 aliphatic rings. The lowest BCUT2D eigenvalue weighted by molar-refractivity contribution is 0.0896. The van der Waals surface area contributed by atoms with E-state index < -0.39 is 0 Å². The number of rotatable bonds is 5. The minimum Gasteiger partial charge on any atom is -0.493 e. The van der Waals surface area contributed by atoms with Crippen LogP contribution in [0.2, 0.25) is 0 Å². The molecule has 1 aliphatic heterocycles. The van der Waals surface area contributed by atoms with Crippen LogP contribution in [-0.2, 0) is 13.0 Å². The third kappa shape index (κ3) is 6.39. The Hall–Kier alpha value is -2.37. The summed E-state index contributed by atoms with van der Waals surface area (Å²) in [5, 5.41) is 12.6. The SMILES string of the molecule is CC(C)[C@@H](CO)NC(=O)c1ccc2c(c1)Cc1cccc(c1)CN(C1CCC1)CCCCCO2. The standard InChI is InChI=1S/C29H40N2O3/c1-21(2)27(20-32)30-29(33)24-12-13-28-25(18-24)17-22-8-6-9-23(16-22)19-31(26-10-7-11-26)14-4-3-5-15-34-28/h6,8-9,12-13,16,18,21,26-27,32H,3-5,7,10-11,14-15,17,19-20H2,1-2H3,(H,30,33)/t27-/m1/s1. The van der Waals surface area contributed by atoms with Crippen LogP contribution in [0.1, 0.15) is 79.4 Å². The van der Waals surface area contributed by atoms with Gasteiger partial charge in [0, 0.05) is 24.6 Å². The van der Waals surface area contributed by atoms with Gasteiger partial charge in [-0.05, 0) is 79.5 Å². The number of carbonyl (C=O) groups is 1. The Balaban J connectivity index is 1.57. The lowest BCUT2D eigenvalue weighted by atomic mass is 9.90. The van der Waals surface area contributed by atoms with Crippen molar-refractivity contribution in [2.45, 2.75) is 77.4 Å². The van der Waals surface area contributed by atoms with Gasteiger partial charge >= 0.3 is 0 Å². The summed E-state index contributed by atoms with van der Waals surface area (Å²) in [6.45, 7) is 6.80. The van der Waals surface area contributed by atoms with E-state index in [-0.39, 0.29) is 24.5 Å². The summed E-state index contributed by atoms with van der Waals surface area (Å²) in [4.78, 5) is 15.6. The summed E-state index contributed by atoms with van der Waals surface area (Å²) >= 11 is 0. The molecule has 2 aromatic carbocycles. The van der Waals surface area contributed by atoms with Gasteiger partial charge in [0.05, 0.1) is 19.3 Å². The van der Waals surface area contributed by atoms with Crippen molar-refractivity contribution in [1.29, 1.82) is 0 Å². The fourth-order valence-electron chi connectivity index (χ4n) is 4.89. The predicted molar refractivity (Wildman–Crippen MR) is 136 cm³/mol. The van der Waals surface area contributed by atoms with Crippen LogP contribution in [0.15, 0.2) is 42.5 Å². The molecule has 4 rings (SSSR count). The summed E-state index contributed by atoms with van der Waals surface area (Å²) in [6, 6.07) is 15.1. The Morgan fingerprint density at radius 1 is 1.09 bits per heavy atom. The molecule has 5 nitrogen and oxygen atoms in total. The third-order valence-corrected chi connectivity index (χ3v) is 7.35. The quantitative estimate of drug-likeness (QED) is 0.658. The Bertz CT molecular complexity index is 954. The average Bonchev–Trinajstić information content (AvgIpc) is 2.78. The molecule has 0 radical (unpaired) electrons. The second-order valence-corrected chi connectivity index (χ2v) is 10.3. The first-order chi connectivity index (χ1) is 16.5. The molecule has 0 spiro atoms. The molecule has 184 valence electrons. The van der Waals surface area contributed by atoms with Crippen molar-refractivity contribution in [2.24, 2.45) is 5.92 Å². The number of amides is 1. The van der Waals surface area contributed by atoms with Crippen LogP contribution >= 0.6 is 0 Å². The van der Waals surface area contributed by atoms with Gasteiger partial charge in [0.1, 0.15) is 5.75 Å². The van der Waals surface area contributed by atoms with E-state index in [2.05, 4.69) is 34.5 Å². The monoisotopic (exact) mass is 464 g/mol. The van der Waals surface area contributed by atoms with E-state index in [0.29, 0.717) is 12.2 Å². The molecule has 1 aliphatic carbocycles. The van der Waals surface area contributed by atoms with Crippen molar-refractivity contribution in [3.05, 3.63) is 64.7 Å². The molecule has 0 unspecified atom stereocenters. The van der Waals surface area contributed by atoms with Crippen molar-refractivity contribution >= 4 is 5.91 Å². The molecule has 0 saturated heterocycles. The molecular weight excluding hydrogens is 424 g/mol. The van der Waals surface area contributed by atoms with Gasteiger partial charge in [-0.15, -0.1) is 0 Å². The van der Waals surface area contributed by atoms with E-state index in [4.69, 9.17) is 4.74 Å². The zero-order valence-corrected chi connectivity index (χ0v) is 20.8. The van der Waals surface area contributed by atoms with Gasteiger partial charge in [-0.3, -0.25) is 9.69 Å². The first kappa shape index (κ1) is 24.7. The van der Waals surface area contributed by atoms with Crippen molar-refractivity contribution in [1.82, 2.24) is 10.2 Å². The van der Waals surface area contributed by atoms with Crippen LogP contribution in [0, 0.1) is 5.92 Å². The fraction of sp³-hybridized carbons (Fsp3) is 0.552. The minimum absolute atomic E-state index is 0.0673. The number of aliphatic hydroxyl groups excluding tert-OH is 1. The molecule has 1 atom stereocenters. The molecule has 2 bridgehead atoms. The Labute approximate surface area is 204 Å². The highest BCUT2D eigenvalue weighted by molar-refractivity contribution is 5.94. The van der Waals surface area contributed by atoms with Crippen molar-refractivity contribution in [3.8, 4) is 5.75 Å². The smallest absolute Gasteiger partial charge is 0.251 e. The third-order valence-electron chi connectivity index (χ3n) is 7.35. The maximum atomic E-state index is 12.9. The predicted octanol–water partition coefficient (Wildman–Crippen LogP) is 4.94. The highest BCUT2D eigenvalue weighted by Crippen LogP contribution is 2.28. The van der Waals surface area contributed by atoms with Crippen LogP contribution in [0.4, 0.5) is 0 Å². The number of fused-ring (bicyclic) bond motifs is 3. The van der Waals surface area contributed by atoms with Crippen molar-refractivity contribution in [2.75, 3.05) is 19.8 Å². The number of ether oxygens (including phenoxy) is 1. The number of nitrogens with one attached hydrogen (secondary N) is 1. The van der Waals surface area contributed by atoms with Gasteiger partial charge in [0.15, 0.2) is 0 Å². The van der Waals surface area contributed by atoms with Crippen LogP contribution in [0.5, 0.6) is 5.75 Å². The number of hydrogen-bond acceptors (Lipinski definition) is 4. The summed E-state index contributed by atoms with van der Waals surface area (Å²) in [7, 11) is 0. The topological polar surface area (TPSA) is 61.8 Å². The van der Waals surface area contributed by atoms with E-state index in [1.165, 1.54) is 36.8 Å². The van der Waals surface area contributed by atoms with Gasteiger partial charge in [-0.1, -0.05) is 44.5 Å². The van der Waals surface area contributed by atoms with E-state index in [9.17, 15) is 9.90 Å². The first-order valence-corrected chi connectivity index (χ1v) is 13.0. The lowest BCUT2D eigenvalue weighted by Gasteiger charge is -2.38. The minimum atomic E-state index is -0.257. The van der Waals surface area contributed by atoms with Gasteiger partial charge in [-0.2, -0.15) is 0 Å². The Kier molecular flexibility index (Phi) is 8.63. The highest BCUT2D eigenvalue weighted by Gasteiger charge is 2.25. The summed E-state index contributed by atoms with van der Waals surface area (Å²) in [6.07, 6.45) is 8.14. The molecule has 0 aromatic heterocycles. The fourth-order valence-corrected chi connectivity index (χ4v) is 4.89. The van der Waals surface area contributed by atoms with Crippen molar-refractivity contribution in [3.63, 3.8) is 0 Å². The summed E-state index contributed by atoms with van der Waals surface area (Å²) in [5.74, 6) is 0.870. The molecule has 34 heavy (non-hydrogen) atoms. The molecule has 1 saturated carbocycles. The number of carbonyl (C=O) groups excluding carboxylic acids is 1. The number of nitrogens with zero attached hydrogens (tertiary/aromatic N) is 1. The van der Waals surface area contributed by atoms with E-state index in [1.807, 2.05) is 32.0 Å². The number of hydrogen-bond donors (Lipinski definition) is 2. The van der Waals surface area contributed by atoms with Crippen LogP contribution < -0.4 is 10.1 Å². The van der Waals surface area contributed by atoms with Crippen LogP contribution in [0.25, 0.3) is 0 Å². The molecule has 1 fully saturated rings. The average molecular weight is 465 g/mol. The zero-order chi connectivity index (χ0) is 23.9. The van der Waals surface area contributed by atoms with Crippen LogP contribution in [-0.4, -0.2) is 47.8 Å². The van der Waals surface area contributed by atoms with Gasteiger partial charge in [-0.25, -0.2) is 0 Å². The molecule has 1 heterocycles. The van der Waals surface area contributed by atoms with E-state index in [1.54, 1.807) is 0 Å². The first-order valence-electron chi connectivity index (χ1n) is 13.0. The summed E-state index contributed by atoms with van der Waals surface area (Å²) in [5.41, 5.74) is 4.24. The zero-order valence-electron chi connectivity index (χ0n) is 20.8. The maximum absolute atomic E-state index is 12.9. The maximum Gasteiger partial charge on any atom is 0.251 e. The molecule has 1 amide bonds. The normalized spacial score (nSPS) is 18.8. The van der Waals surface area contributed by atoms with Crippen LogP contribution in [0.3, 0.4) is 0 Å².